The number of amides is 1. The van der Waals surface area contributed by atoms with Crippen LogP contribution in [0, 0.1) is 10.1 Å². The summed E-state index contributed by atoms with van der Waals surface area (Å²) in [7, 11) is 1.41. The Kier molecular flexibility index (Phi) is 5.71. The molecule has 0 aromatic heterocycles. The lowest BCUT2D eigenvalue weighted by Gasteiger charge is -2.10. The van der Waals surface area contributed by atoms with E-state index >= 15 is 0 Å². The zero-order chi connectivity index (χ0) is 20.3. The number of ether oxygens (including phenoxy) is 2. The van der Waals surface area contributed by atoms with E-state index in [1.807, 2.05) is 0 Å². The van der Waals surface area contributed by atoms with Gasteiger partial charge in [0.05, 0.1) is 22.5 Å². The number of methoxy groups -OCH3 is 1. The number of hydrogen-bond acceptors (Lipinski definition) is 8. The summed E-state index contributed by atoms with van der Waals surface area (Å²) in [6.45, 7) is 0. The van der Waals surface area contributed by atoms with Crippen LogP contribution in [0.3, 0.4) is 0 Å². The van der Waals surface area contributed by atoms with E-state index in [0.717, 1.165) is 17.8 Å². The highest BCUT2D eigenvalue weighted by Gasteiger charge is 2.22. The fraction of sp³-hybridized carbons (Fsp3) is 0.0556. The van der Waals surface area contributed by atoms with Gasteiger partial charge >= 0.3 is 5.97 Å². The van der Waals surface area contributed by atoms with Crippen LogP contribution in [0.5, 0.6) is 11.5 Å². The molecule has 0 aliphatic carbocycles. The molecule has 0 spiro atoms. The van der Waals surface area contributed by atoms with Gasteiger partial charge in [0.1, 0.15) is 4.32 Å². The summed E-state index contributed by atoms with van der Waals surface area (Å²) in [5.41, 5.74) is 0.470. The van der Waals surface area contributed by atoms with Crippen LogP contribution in [-0.2, 0) is 4.79 Å². The number of carbonyl (C=O) groups excluding carboxylic acids is 2. The normalized spacial score (nSPS) is 14.7. The summed E-state index contributed by atoms with van der Waals surface area (Å²) in [6.07, 6.45) is 1.63. The van der Waals surface area contributed by atoms with Crippen molar-refractivity contribution in [2.75, 3.05) is 7.11 Å². The Labute approximate surface area is 168 Å². The van der Waals surface area contributed by atoms with Crippen molar-refractivity contribution in [2.24, 2.45) is 0 Å². The fourth-order valence-corrected chi connectivity index (χ4v) is 3.38. The SMILES string of the molecule is COc1cc(C=C2SC(=S)NC2=O)ccc1OC(=O)c1cccc([N+](=O)[O-])c1. The van der Waals surface area contributed by atoms with Crippen molar-refractivity contribution in [3.05, 3.63) is 68.6 Å². The Balaban J connectivity index is 1.83. The summed E-state index contributed by atoms with van der Waals surface area (Å²) in [6, 6.07) is 9.97. The summed E-state index contributed by atoms with van der Waals surface area (Å²) >= 11 is 6.09. The first-order chi connectivity index (χ1) is 13.4. The highest BCUT2D eigenvalue weighted by Crippen LogP contribution is 2.32. The van der Waals surface area contributed by atoms with E-state index in [0.29, 0.717) is 14.8 Å². The molecule has 2 aromatic carbocycles. The Morgan fingerprint density at radius 3 is 2.68 bits per heavy atom. The van der Waals surface area contributed by atoms with Crippen molar-refractivity contribution >= 4 is 51.9 Å². The first-order valence-corrected chi connectivity index (χ1v) is 8.99. The summed E-state index contributed by atoms with van der Waals surface area (Å²) in [5.74, 6) is -0.640. The molecule has 1 saturated heterocycles. The molecule has 1 N–H and O–H groups in total. The van der Waals surface area contributed by atoms with E-state index in [2.05, 4.69) is 5.32 Å². The predicted molar refractivity (Wildman–Crippen MR) is 107 cm³/mol. The van der Waals surface area contributed by atoms with Gasteiger partial charge in [-0.15, -0.1) is 0 Å². The summed E-state index contributed by atoms with van der Waals surface area (Å²) < 4.78 is 10.9. The van der Waals surface area contributed by atoms with Crippen LogP contribution >= 0.6 is 24.0 Å². The van der Waals surface area contributed by atoms with Crippen LogP contribution in [0.25, 0.3) is 6.08 Å². The van der Waals surface area contributed by atoms with Gasteiger partial charge in [-0.25, -0.2) is 4.79 Å². The van der Waals surface area contributed by atoms with Gasteiger partial charge in [-0.3, -0.25) is 14.9 Å². The van der Waals surface area contributed by atoms with Crippen molar-refractivity contribution in [1.29, 1.82) is 0 Å². The van der Waals surface area contributed by atoms with Gasteiger partial charge in [-0.1, -0.05) is 36.1 Å². The molecular weight excluding hydrogens is 404 g/mol. The number of rotatable bonds is 5. The van der Waals surface area contributed by atoms with Crippen LogP contribution < -0.4 is 14.8 Å². The molecule has 0 atom stereocenters. The Hall–Kier alpha value is -3.24. The Morgan fingerprint density at radius 2 is 2.04 bits per heavy atom. The van der Waals surface area contributed by atoms with E-state index < -0.39 is 10.9 Å². The lowest BCUT2D eigenvalue weighted by Crippen LogP contribution is -2.17. The molecule has 10 heteroatoms. The second-order valence-corrected chi connectivity index (χ2v) is 7.18. The Bertz CT molecular complexity index is 1030. The smallest absolute Gasteiger partial charge is 0.343 e. The number of nitro benzene ring substituents is 1. The van der Waals surface area contributed by atoms with Gasteiger partial charge in [0.15, 0.2) is 11.5 Å². The number of nitrogens with zero attached hydrogens (tertiary/aromatic N) is 1. The topological polar surface area (TPSA) is 108 Å². The van der Waals surface area contributed by atoms with E-state index in [1.165, 1.54) is 31.4 Å². The third-order valence-corrected chi connectivity index (χ3v) is 4.79. The zero-order valence-corrected chi connectivity index (χ0v) is 16.0. The van der Waals surface area contributed by atoms with Gasteiger partial charge < -0.3 is 14.8 Å². The minimum Gasteiger partial charge on any atom is -0.493 e. The van der Waals surface area contributed by atoms with Crippen LogP contribution in [0.15, 0.2) is 47.4 Å². The molecule has 142 valence electrons. The van der Waals surface area contributed by atoms with Crippen molar-refractivity contribution in [3.63, 3.8) is 0 Å². The predicted octanol–water partition coefficient (Wildman–Crippen LogP) is 3.31. The molecule has 8 nitrogen and oxygen atoms in total. The molecule has 3 rings (SSSR count). The third-order valence-electron chi connectivity index (χ3n) is 3.62. The molecule has 1 aliphatic heterocycles. The van der Waals surface area contributed by atoms with Crippen molar-refractivity contribution < 1.29 is 24.0 Å². The maximum atomic E-state index is 12.3. The van der Waals surface area contributed by atoms with Crippen LogP contribution in [-0.4, -0.2) is 28.2 Å². The maximum Gasteiger partial charge on any atom is 0.343 e. The van der Waals surface area contributed by atoms with Crippen LogP contribution in [0.2, 0.25) is 0 Å². The van der Waals surface area contributed by atoms with Gasteiger partial charge in [-0.05, 0) is 29.8 Å². The van der Waals surface area contributed by atoms with Gasteiger partial charge in [0, 0.05) is 12.1 Å². The fourth-order valence-electron chi connectivity index (χ4n) is 2.34. The minimum atomic E-state index is -0.760. The Morgan fingerprint density at radius 1 is 1.25 bits per heavy atom. The van der Waals surface area contributed by atoms with Gasteiger partial charge in [-0.2, -0.15) is 0 Å². The molecule has 1 amide bonds. The standard InChI is InChI=1S/C18H12N2O6S2/c1-25-14-7-10(8-15-16(21)19-18(27)28-15)5-6-13(14)26-17(22)11-3-2-4-12(9-11)20(23)24/h2-9H,1H3,(H,19,21,27). The number of thiocarbonyl (C=S) groups is 1. The number of thioether (sulfide) groups is 1. The number of esters is 1. The number of non-ortho nitro benzene ring substituents is 1. The van der Waals surface area contributed by atoms with Crippen molar-refractivity contribution in [3.8, 4) is 11.5 Å². The lowest BCUT2D eigenvalue weighted by molar-refractivity contribution is -0.384. The quantitative estimate of drug-likeness (QED) is 0.198. The van der Waals surface area contributed by atoms with E-state index in [9.17, 15) is 19.7 Å². The molecule has 0 saturated carbocycles. The molecule has 2 aromatic rings. The molecule has 28 heavy (non-hydrogen) atoms. The number of carbonyl (C=O) groups is 2. The average Bonchev–Trinajstić information content (AvgIpc) is 2.99. The van der Waals surface area contributed by atoms with Gasteiger partial charge in [0.2, 0.25) is 0 Å². The van der Waals surface area contributed by atoms with E-state index in [4.69, 9.17) is 21.7 Å². The van der Waals surface area contributed by atoms with E-state index in [-0.39, 0.29) is 28.7 Å². The second kappa shape index (κ2) is 8.19. The van der Waals surface area contributed by atoms with Gasteiger partial charge in [0.25, 0.3) is 11.6 Å². The van der Waals surface area contributed by atoms with Crippen LogP contribution in [0.1, 0.15) is 15.9 Å². The summed E-state index contributed by atoms with van der Waals surface area (Å²) in [4.78, 5) is 34.8. The molecule has 1 fully saturated rings. The first-order valence-electron chi connectivity index (χ1n) is 7.77. The first kappa shape index (κ1) is 19.5. The molecule has 1 aliphatic rings. The highest BCUT2D eigenvalue weighted by molar-refractivity contribution is 8.26. The zero-order valence-electron chi connectivity index (χ0n) is 14.3. The van der Waals surface area contributed by atoms with Crippen LogP contribution in [0.4, 0.5) is 5.69 Å². The minimum absolute atomic E-state index is 0.0370. The lowest BCUT2D eigenvalue weighted by atomic mass is 10.1. The molecule has 0 unspecified atom stereocenters. The largest absolute Gasteiger partial charge is 0.493 e. The number of hydrogen-bond donors (Lipinski definition) is 1. The molecule has 0 bridgehead atoms. The van der Waals surface area contributed by atoms with Crippen molar-refractivity contribution in [1.82, 2.24) is 5.32 Å². The number of nitrogens with one attached hydrogen (secondary N) is 1. The van der Waals surface area contributed by atoms with Crippen molar-refractivity contribution in [2.45, 2.75) is 0 Å². The highest BCUT2D eigenvalue weighted by atomic mass is 32.2. The number of benzene rings is 2. The summed E-state index contributed by atoms with van der Waals surface area (Å²) in [5, 5.41) is 13.4. The molecule has 1 heterocycles. The number of nitro groups is 1. The maximum absolute atomic E-state index is 12.3. The third kappa shape index (κ3) is 4.35. The van der Waals surface area contributed by atoms with E-state index in [1.54, 1.807) is 18.2 Å². The molecular formula is C18H12N2O6S2. The second-order valence-electron chi connectivity index (χ2n) is 5.46. The molecule has 0 radical (unpaired) electrons. The average molecular weight is 416 g/mol. The monoisotopic (exact) mass is 416 g/mol.